The predicted octanol–water partition coefficient (Wildman–Crippen LogP) is 2.98. The van der Waals surface area contributed by atoms with E-state index in [-0.39, 0.29) is 12.3 Å². The van der Waals surface area contributed by atoms with Gasteiger partial charge in [-0.1, -0.05) is 25.0 Å². The molecule has 1 N–H and O–H groups in total. The molecule has 1 unspecified atom stereocenters. The largest absolute Gasteiger partial charge is 0.497 e. The van der Waals surface area contributed by atoms with Gasteiger partial charge in [0.25, 0.3) is 0 Å². The zero-order chi connectivity index (χ0) is 17.8. The Morgan fingerprint density at radius 2 is 1.76 bits per heavy atom. The Morgan fingerprint density at radius 3 is 2.28 bits per heavy atom. The van der Waals surface area contributed by atoms with E-state index in [0.717, 1.165) is 24.4 Å². The Labute approximate surface area is 149 Å². The monoisotopic (exact) mass is 345 g/mol. The van der Waals surface area contributed by atoms with E-state index >= 15 is 0 Å². The lowest BCUT2D eigenvalue weighted by Gasteiger charge is -2.22. The van der Waals surface area contributed by atoms with Crippen molar-refractivity contribution in [3.63, 3.8) is 0 Å². The molecule has 3 atom stereocenters. The van der Waals surface area contributed by atoms with E-state index in [9.17, 15) is 14.7 Å². The van der Waals surface area contributed by atoms with Crippen molar-refractivity contribution in [3.05, 3.63) is 29.8 Å². The molecule has 1 saturated carbocycles. The van der Waals surface area contributed by atoms with Gasteiger partial charge in [-0.25, -0.2) is 0 Å². The number of ether oxygens (including phenoxy) is 1. The number of rotatable bonds is 6. The molecule has 1 aliphatic heterocycles. The maximum atomic E-state index is 12.6. The maximum absolute atomic E-state index is 12.6. The number of carboxylic acid groups (broad SMARTS) is 1. The fourth-order valence-corrected chi connectivity index (χ4v) is 4.24. The molecule has 2 aliphatic rings. The Morgan fingerprint density at radius 1 is 1.16 bits per heavy atom. The number of fused-ring (bicyclic) bond motifs is 1. The lowest BCUT2D eigenvalue weighted by Crippen LogP contribution is -2.33. The number of likely N-dealkylation sites (tertiary alicyclic amines) is 1. The number of hydrogen-bond acceptors (Lipinski definition) is 3. The van der Waals surface area contributed by atoms with Gasteiger partial charge in [0.15, 0.2) is 0 Å². The van der Waals surface area contributed by atoms with Crippen LogP contribution in [-0.2, 0) is 16.0 Å². The molecular weight excluding hydrogens is 318 g/mol. The molecule has 2 fully saturated rings. The molecule has 0 aromatic heterocycles. The Bertz CT molecular complexity index is 599. The first-order valence-corrected chi connectivity index (χ1v) is 9.20. The number of carboxylic acids is 1. The smallest absolute Gasteiger partial charge is 0.307 e. The number of carbonyl (C=O) groups is 2. The van der Waals surface area contributed by atoms with E-state index in [4.69, 9.17) is 4.74 Å². The molecule has 1 aromatic rings. The number of methoxy groups -OCH3 is 1. The van der Waals surface area contributed by atoms with Crippen LogP contribution in [0.25, 0.3) is 0 Å². The molecule has 1 saturated heterocycles. The van der Waals surface area contributed by atoms with E-state index in [0.29, 0.717) is 18.3 Å². The summed E-state index contributed by atoms with van der Waals surface area (Å²) in [5.41, 5.74) is 0.913. The van der Waals surface area contributed by atoms with E-state index in [1.54, 1.807) is 7.11 Å². The number of nitrogens with zero attached hydrogens (tertiary/aromatic N) is 1. The first kappa shape index (κ1) is 17.8. The lowest BCUT2D eigenvalue weighted by molar-refractivity contribution is -0.145. The van der Waals surface area contributed by atoms with Gasteiger partial charge in [0.2, 0.25) is 5.91 Å². The molecule has 1 aliphatic carbocycles. The predicted molar refractivity (Wildman–Crippen MR) is 94.5 cm³/mol. The third-order valence-electron chi connectivity index (χ3n) is 5.74. The SMILES string of the molecule is COc1ccc(CC(CC(=O)N2C[C@H]3CCCC[C@H]3C2)C(=O)O)cc1. The summed E-state index contributed by atoms with van der Waals surface area (Å²) in [4.78, 5) is 26.2. The lowest BCUT2D eigenvalue weighted by atomic mass is 9.82. The van der Waals surface area contributed by atoms with Gasteiger partial charge in [-0.15, -0.1) is 0 Å². The van der Waals surface area contributed by atoms with E-state index in [1.165, 1.54) is 25.7 Å². The molecule has 25 heavy (non-hydrogen) atoms. The third kappa shape index (κ3) is 4.33. The highest BCUT2D eigenvalue weighted by molar-refractivity contribution is 5.82. The number of hydrogen-bond donors (Lipinski definition) is 1. The van der Waals surface area contributed by atoms with Crippen LogP contribution in [0.15, 0.2) is 24.3 Å². The van der Waals surface area contributed by atoms with Crippen molar-refractivity contribution in [1.29, 1.82) is 0 Å². The van der Waals surface area contributed by atoms with Crippen molar-refractivity contribution >= 4 is 11.9 Å². The first-order chi connectivity index (χ1) is 12.1. The number of carbonyl (C=O) groups excluding carboxylic acids is 1. The van der Waals surface area contributed by atoms with Crippen LogP contribution in [0.2, 0.25) is 0 Å². The van der Waals surface area contributed by atoms with Gasteiger partial charge >= 0.3 is 5.97 Å². The van der Waals surface area contributed by atoms with Crippen molar-refractivity contribution in [1.82, 2.24) is 4.90 Å². The summed E-state index contributed by atoms with van der Waals surface area (Å²) in [5, 5.41) is 9.54. The van der Waals surface area contributed by atoms with E-state index < -0.39 is 11.9 Å². The summed E-state index contributed by atoms with van der Waals surface area (Å²) in [6.07, 6.45) is 5.40. The highest BCUT2D eigenvalue weighted by Crippen LogP contribution is 2.36. The van der Waals surface area contributed by atoms with Gasteiger partial charge in [0.05, 0.1) is 13.0 Å². The molecule has 0 spiro atoms. The van der Waals surface area contributed by atoms with Crippen molar-refractivity contribution in [3.8, 4) is 5.75 Å². The molecule has 3 rings (SSSR count). The van der Waals surface area contributed by atoms with Crippen molar-refractivity contribution < 1.29 is 19.4 Å². The van der Waals surface area contributed by atoms with Gasteiger partial charge in [0.1, 0.15) is 5.75 Å². The summed E-state index contributed by atoms with van der Waals surface area (Å²) in [6.45, 7) is 1.64. The average Bonchev–Trinajstić information content (AvgIpc) is 3.06. The second-order valence-corrected chi connectivity index (χ2v) is 7.39. The number of amides is 1. The van der Waals surface area contributed by atoms with Crippen molar-refractivity contribution in [2.75, 3.05) is 20.2 Å². The molecular formula is C20H27NO4. The number of benzene rings is 1. The van der Waals surface area contributed by atoms with Gasteiger partial charge in [-0.05, 0) is 48.8 Å². The van der Waals surface area contributed by atoms with Crippen molar-refractivity contribution in [2.24, 2.45) is 17.8 Å². The minimum atomic E-state index is -0.902. The summed E-state index contributed by atoms with van der Waals surface area (Å²) < 4.78 is 5.12. The standard InChI is InChI=1S/C20H27NO4/c1-25-18-8-6-14(7-9-18)10-17(20(23)24)11-19(22)21-12-15-4-2-3-5-16(15)13-21/h6-9,15-17H,2-5,10-13H2,1H3,(H,23,24)/t15-,16+,17?. The topological polar surface area (TPSA) is 66.8 Å². The van der Waals surface area contributed by atoms with E-state index in [2.05, 4.69) is 0 Å². The van der Waals surface area contributed by atoms with Gasteiger partial charge in [0, 0.05) is 19.5 Å². The summed E-state index contributed by atoms with van der Waals surface area (Å²) in [6, 6.07) is 7.37. The summed E-state index contributed by atoms with van der Waals surface area (Å²) in [7, 11) is 1.60. The fourth-order valence-electron chi connectivity index (χ4n) is 4.24. The second-order valence-electron chi connectivity index (χ2n) is 7.39. The molecule has 1 heterocycles. The molecule has 0 bridgehead atoms. The molecule has 0 radical (unpaired) electrons. The third-order valence-corrected chi connectivity index (χ3v) is 5.74. The fraction of sp³-hybridized carbons (Fsp3) is 0.600. The molecule has 1 aromatic carbocycles. The minimum Gasteiger partial charge on any atom is -0.497 e. The maximum Gasteiger partial charge on any atom is 0.307 e. The van der Waals surface area contributed by atoms with Crippen LogP contribution in [0, 0.1) is 17.8 Å². The minimum absolute atomic E-state index is 0.00434. The van der Waals surface area contributed by atoms with Gasteiger partial charge in [-0.3, -0.25) is 9.59 Å². The molecule has 5 nitrogen and oxygen atoms in total. The van der Waals surface area contributed by atoms with Crippen LogP contribution in [0.5, 0.6) is 5.75 Å². The molecule has 1 amide bonds. The van der Waals surface area contributed by atoms with E-state index in [1.807, 2.05) is 29.2 Å². The van der Waals surface area contributed by atoms with Gasteiger partial charge < -0.3 is 14.7 Å². The molecule has 5 heteroatoms. The second kappa shape index (κ2) is 7.89. The summed E-state index contributed by atoms with van der Waals surface area (Å²) in [5.74, 6) is 0.413. The average molecular weight is 345 g/mol. The Kier molecular flexibility index (Phi) is 5.61. The van der Waals surface area contributed by atoms with Crippen LogP contribution in [0.1, 0.15) is 37.7 Å². The van der Waals surface area contributed by atoms with Gasteiger partial charge in [-0.2, -0.15) is 0 Å². The van der Waals surface area contributed by atoms with Crippen LogP contribution >= 0.6 is 0 Å². The highest BCUT2D eigenvalue weighted by Gasteiger charge is 2.37. The van der Waals surface area contributed by atoms with Crippen molar-refractivity contribution in [2.45, 2.75) is 38.5 Å². The Balaban J connectivity index is 1.59. The zero-order valence-corrected chi connectivity index (χ0v) is 14.8. The quantitative estimate of drug-likeness (QED) is 0.861. The van der Waals surface area contributed by atoms with Crippen LogP contribution in [0.3, 0.4) is 0 Å². The highest BCUT2D eigenvalue weighted by atomic mass is 16.5. The Hall–Kier alpha value is -2.04. The summed E-state index contributed by atoms with van der Waals surface area (Å²) >= 11 is 0. The molecule has 136 valence electrons. The van der Waals surface area contributed by atoms with Crippen LogP contribution in [-0.4, -0.2) is 42.1 Å². The number of aliphatic carboxylic acids is 1. The van der Waals surface area contributed by atoms with Crippen LogP contribution in [0.4, 0.5) is 0 Å². The normalized spacial score (nSPS) is 23.8. The first-order valence-electron chi connectivity index (χ1n) is 9.20. The van der Waals surface area contributed by atoms with Crippen LogP contribution < -0.4 is 4.74 Å². The zero-order valence-electron chi connectivity index (χ0n) is 14.8.